The van der Waals surface area contributed by atoms with Crippen molar-refractivity contribution in [3.63, 3.8) is 0 Å². The van der Waals surface area contributed by atoms with Gasteiger partial charge in [-0.15, -0.1) is 0 Å². The Hall–Kier alpha value is -12.6. The van der Waals surface area contributed by atoms with Crippen molar-refractivity contribution in [2.45, 2.75) is 262 Å². The molecule has 0 fully saturated rings. The molecule has 20 rings (SSSR count). The van der Waals surface area contributed by atoms with E-state index in [-0.39, 0.29) is 146 Å². The molecule has 0 saturated carbocycles. The van der Waals surface area contributed by atoms with Crippen molar-refractivity contribution < 1.29 is 34.3 Å². The van der Waals surface area contributed by atoms with E-state index >= 15 is 0 Å². The molecule has 686 valence electrons. The molecular formula is C130H138BN5. The summed E-state index contributed by atoms with van der Waals surface area (Å²) in [7, 11) is 0. The van der Waals surface area contributed by atoms with Gasteiger partial charge in [-0.1, -0.05) is 389 Å². The van der Waals surface area contributed by atoms with E-state index < -0.39 is 189 Å². The zero-order chi connectivity index (χ0) is 118. The van der Waals surface area contributed by atoms with Crippen molar-refractivity contribution in [1.29, 1.82) is 0 Å². The average Bonchev–Trinajstić information content (AvgIpc) is 0.739. The lowest BCUT2D eigenvalue weighted by molar-refractivity contribution is 0.569. The van der Waals surface area contributed by atoms with E-state index in [9.17, 15) is 34.3 Å². The van der Waals surface area contributed by atoms with E-state index in [0.717, 1.165) is 66.3 Å². The number of para-hydroxylation sites is 4. The number of hydrogen-bond acceptors (Lipinski definition) is 2. The van der Waals surface area contributed by atoms with Gasteiger partial charge in [0.2, 0.25) is 0 Å². The van der Waals surface area contributed by atoms with E-state index in [1.165, 1.54) is 9.13 Å². The van der Waals surface area contributed by atoms with Crippen LogP contribution in [0.4, 0.5) is 34.1 Å². The fourth-order valence-electron chi connectivity index (χ4n) is 20.0. The van der Waals surface area contributed by atoms with E-state index in [0.29, 0.717) is 44.6 Å². The highest BCUT2D eigenvalue weighted by molar-refractivity contribution is 7.00. The normalized spacial score (nSPS) is 16.3. The molecule has 0 radical (unpaired) electrons. The molecule has 2 aliphatic rings. The van der Waals surface area contributed by atoms with Gasteiger partial charge in [-0.25, -0.2) is 0 Å². The van der Waals surface area contributed by atoms with Gasteiger partial charge in [0.05, 0.1) is 84.4 Å². The van der Waals surface area contributed by atoms with Crippen LogP contribution in [0, 0.1) is 0 Å². The minimum Gasteiger partial charge on any atom is -0.310 e. The fraction of sp³-hybridized carbons (Fsp3) is 0.308. The molecule has 2 aliphatic heterocycles. The first kappa shape index (κ1) is 65.9. The van der Waals surface area contributed by atoms with Gasteiger partial charge in [0, 0.05) is 88.7 Å². The zero-order valence-corrected chi connectivity index (χ0v) is 84.6. The summed E-state index contributed by atoms with van der Waals surface area (Å²) in [6.07, 6.45) is 0. The number of aromatic nitrogens is 3. The van der Waals surface area contributed by atoms with Crippen molar-refractivity contribution in [1.82, 2.24) is 13.7 Å². The molecule has 0 atom stereocenters. The van der Waals surface area contributed by atoms with E-state index in [4.69, 9.17) is 0 Å². The molecule has 136 heavy (non-hydrogen) atoms. The highest BCUT2D eigenvalue weighted by atomic mass is 15.2. The van der Waals surface area contributed by atoms with Crippen molar-refractivity contribution in [2.24, 2.45) is 0 Å². The summed E-state index contributed by atoms with van der Waals surface area (Å²) < 4.78 is 267. The zero-order valence-electron chi connectivity index (χ0n) is 110. The Kier molecular flexibility index (Phi) is 15.3. The molecule has 0 spiro atoms. The molecule has 0 amide bonds. The predicted octanol–water partition coefficient (Wildman–Crippen LogP) is 34.7. The van der Waals surface area contributed by atoms with Crippen LogP contribution in [0.3, 0.4) is 0 Å². The summed E-state index contributed by atoms with van der Waals surface area (Å²) >= 11 is 0. The Labute approximate surface area is 845 Å². The quantitative estimate of drug-likeness (QED) is 0.134. The summed E-state index contributed by atoms with van der Waals surface area (Å²) in [5, 5.41) is 0.767. The molecule has 3 aromatic heterocycles. The second kappa shape index (κ2) is 31.5. The second-order valence-electron chi connectivity index (χ2n) is 48.1. The Morgan fingerprint density at radius 2 is 0.588 bits per heavy atom. The van der Waals surface area contributed by atoms with E-state index in [2.05, 4.69) is 231 Å². The molecular weight excluding hydrogens is 1640 g/mol. The van der Waals surface area contributed by atoms with Crippen molar-refractivity contribution in [3.05, 3.63) is 346 Å². The Balaban J connectivity index is 1.16. The highest BCUT2D eigenvalue weighted by Gasteiger charge is 2.48. The van der Waals surface area contributed by atoms with Gasteiger partial charge in [0.15, 0.2) is 0 Å². The van der Waals surface area contributed by atoms with E-state index in [1.807, 2.05) is 65.8 Å². The van der Waals surface area contributed by atoms with Gasteiger partial charge in [0.1, 0.15) is 0 Å². The maximum absolute atomic E-state index is 12.1. The highest BCUT2D eigenvalue weighted by Crippen LogP contribution is 2.59. The van der Waals surface area contributed by atoms with Crippen LogP contribution in [-0.2, 0) is 54.1 Å². The van der Waals surface area contributed by atoms with Crippen molar-refractivity contribution in [3.8, 4) is 61.6 Å². The summed E-state index contributed by atoms with van der Waals surface area (Å²) in [6, 6.07) is 32.7. The number of nitrogens with zero attached hydrogens (tertiary/aromatic N) is 5. The Morgan fingerprint density at radius 1 is 0.221 bits per heavy atom. The molecule has 5 nitrogen and oxygen atoms in total. The molecule has 0 saturated heterocycles. The average molecular weight is 1810 g/mol. The van der Waals surface area contributed by atoms with Gasteiger partial charge >= 0.3 is 0 Å². The molecule has 0 aliphatic carbocycles. The third kappa shape index (κ3) is 15.4. The van der Waals surface area contributed by atoms with Crippen molar-refractivity contribution in [2.75, 3.05) is 9.80 Å². The maximum atomic E-state index is 12.1. The first-order valence-electron chi connectivity index (χ1n) is 60.3. The minimum atomic E-state index is -1.38. The number of hydrogen-bond donors (Lipinski definition) is 0. The lowest BCUT2D eigenvalue weighted by atomic mass is 9.33. The minimum absolute atomic E-state index is 0.000746. The Morgan fingerprint density at radius 3 is 1.02 bits per heavy atom. The molecule has 15 aromatic carbocycles. The monoisotopic (exact) mass is 1810 g/mol. The maximum Gasteiger partial charge on any atom is 0.252 e. The molecule has 18 aromatic rings. The smallest absolute Gasteiger partial charge is 0.252 e. The molecule has 0 unspecified atom stereocenters. The lowest BCUT2D eigenvalue weighted by Gasteiger charge is -2.46. The fourth-order valence-corrected chi connectivity index (χ4v) is 20.0. The molecule has 6 heteroatoms. The summed E-state index contributed by atoms with van der Waals surface area (Å²) in [5.74, 6) is 0. The molecule has 0 N–H and O–H groups in total. The topological polar surface area (TPSA) is 21.3 Å². The van der Waals surface area contributed by atoms with Gasteiger partial charge in [-0.2, -0.15) is 0 Å². The standard InChI is InChI=1S/C130H138BN5/c1-121(2,3)81-53-51-79(52-54-81)97-71-87(127(19,20)21)74-103(99-68-82(122(4,5)6)55-60-105(99)130(28,29)30)119(97)135-114-75-89(132-108-47-37-32-42-93(108)94-43-33-38-48-109(94)132)58-61-106(114)131-107-62-59-90(133-112-63-56-83(123(7,8)9)69-100(112)101-70-84(124(10,11)12)57-64-113(101)133)76-115(107)136(117-78-91(77-116(135)118(117)131)134-110-49-39-34-44-95(110)96-45-35-40-50-111(96)134)120-98(80-65-85(125(13,14)15)67-86(66-80)126(16,17)18)72-88(128(22,23)24)73-102(120)92-41-31-36-46-104(92)129(25,26)27/h31-78H,1-30H3/i32D,33D,34D,35D,37D,38D,39D,40D,42D,43D,44D,45D,47D,48D,49D,50D,51D,52D,53D,54D,55D,60D,68D,71D,74D. The van der Waals surface area contributed by atoms with Gasteiger partial charge < -0.3 is 23.5 Å². The van der Waals surface area contributed by atoms with Crippen LogP contribution in [0.25, 0.3) is 127 Å². The number of fused-ring (bicyclic) bond motifs is 13. The first-order valence-corrected chi connectivity index (χ1v) is 47.8. The largest absolute Gasteiger partial charge is 0.310 e. The SMILES string of the molecule is [2H]c1c([2H])c(C(C)(C)C)c([2H])c([2H])c1-c1c([2H])c(C(C)(C)C)c([2H])c(-c2c([2H])c(C(C)(C)C)c([2H])c([2H])c2C(C)(C)C)c1N1c2cc(-n3c4c([2H])c([2H])c([2H])c([2H])c4c4c([2H])c([2H])c([2H])c([2H])c43)ccc2B2c3ccc(-n4c5ccc(C(C)(C)C)cc5c5cc(C(C)(C)C)ccc54)cc3N(c3c(-c4cc(C(C)(C)C)cc(C(C)(C)C)c4)cc(C(C)(C)C)cc3-c3ccccc3C(C)(C)C)c3cc(-n4c5c([2H])c([2H])c([2H])c([2H])c5c5c([2H])c([2H])c([2H])c([2H])c54)cc1c32. The van der Waals surface area contributed by atoms with Crippen LogP contribution in [0.5, 0.6) is 0 Å². The number of anilines is 6. The van der Waals surface area contributed by atoms with Crippen LogP contribution >= 0.6 is 0 Å². The third-order valence-corrected chi connectivity index (χ3v) is 27.7. The second-order valence-corrected chi connectivity index (χ2v) is 48.1. The predicted molar refractivity (Wildman–Crippen MR) is 592 cm³/mol. The van der Waals surface area contributed by atoms with Crippen LogP contribution in [-0.4, -0.2) is 20.4 Å². The summed E-state index contributed by atoms with van der Waals surface area (Å²) in [5.41, 5.74) is 2.84. The van der Waals surface area contributed by atoms with Crippen LogP contribution in [0.15, 0.2) is 291 Å². The van der Waals surface area contributed by atoms with E-state index in [1.54, 1.807) is 64.6 Å². The van der Waals surface area contributed by atoms with Crippen LogP contribution < -0.4 is 26.2 Å². The third-order valence-electron chi connectivity index (χ3n) is 27.7. The van der Waals surface area contributed by atoms with Crippen LogP contribution in [0.1, 0.15) is 298 Å². The lowest BCUT2D eigenvalue weighted by Crippen LogP contribution is -2.61. The van der Waals surface area contributed by atoms with Gasteiger partial charge in [0.25, 0.3) is 6.71 Å². The number of rotatable bonds is 9. The Bertz CT molecular complexity index is 9270. The summed E-state index contributed by atoms with van der Waals surface area (Å²) in [6.45, 7) is 59.7. The van der Waals surface area contributed by atoms with Crippen LogP contribution in [0.2, 0.25) is 0 Å². The first-order chi connectivity index (χ1) is 74.2. The van der Waals surface area contributed by atoms with Crippen molar-refractivity contribution >= 4 is 123 Å². The van der Waals surface area contributed by atoms with Gasteiger partial charge in [-0.3, -0.25) is 0 Å². The van der Waals surface area contributed by atoms with Gasteiger partial charge in [-0.05, 0) is 257 Å². The molecule has 5 heterocycles. The number of benzene rings is 15. The molecule has 0 bridgehead atoms. The summed E-state index contributed by atoms with van der Waals surface area (Å²) in [4.78, 5) is 3.98.